The number of ether oxygens (including phenoxy) is 4. The first-order valence-corrected chi connectivity index (χ1v) is 23.2. The van der Waals surface area contributed by atoms with Crippen molar-refractivity contribution in [3.63, 3.8) is 0 Å². The van der Waals surface area contributed by atoms with Crippen molar-refractivity contribution in [3.8, 4) is 0 Å². The van der Waals surface area contributed by atoms with E-state index >= 15 is 0 Å². The standard InChI is InChI=1S/C44H88NO11.HI/c1-4-6-8-10-12-14-16-18-20-22-24-26-29-45(3,30-27-25-23-21-19-17-15-13-11-9-7-5-2)31-28-32-53-43-41(51)40(50)38(48)36(56-43)34-54-44-42(52)39(49)37(47)35(33-46)55-44;/h35-44,46-52H,4-34H2,1-3H3;1H/q+1;/p-1/t35-,36-,37-,38-,39+,40+,41-,42-,43-,44+;/m1./s1. The summed E-state index contributed by atoms with van der Waals surface area (Å²) in [5, 5.41) is 71.8. The molecule has 2 saturated heterocycles. The van der Waals surface area contributed by atoms with Crippen LogP contribution >= 0.6 is 0 Å². The maximum atomic E-state index is 10.7. The van der Waals surface area contributed by atoms with Gasteiger partial charge in [-0.2, -0.15) is 0 Å². The van der Waals surface area contributed by atoms with E-state index in [0.717, 1.165) is 30.5 Å². The Morgan fingerprint density at radius 1 is 0.421 bits per heavy atom. The van der Waals surface area contributed by atoms with Gasteiger partial charge in [-0.1, -0.05) is 142 Å². The number of halogens is 1. The minimum absolute atomic E-state index is 0. The van der Waals surface area contributed by atoms with Gasteiger partial charge in [0.1, 0.15) is 48.8 Å². The average molecular weight is 934 g/mol. The summed E-state index contributed by atoms with van der Waals surface area (Å²) < 4.78 is 23.7. The van der Waals surface area contributed by atoms with Gasteiger partial charge in [-0.05, 0) is 25.7 Å². The highest BCUT2D eigenvalue weighted by Crippen LogP contribution is 2.26. The Balaban J connectivity index is 0.0000162. The van der Waals surface area contributed by atoms with E-state index in [4.69, 9.17) is 18.9 Å². The third-order valence-corrected chi connectivity index (χ3v) is 12.2. The summed E-state index contributed by atoms with van der Waals surface area (Å²) in [6, 6.07) is 0. The van der Waals surface area contributed by atoms with Gasteiger partial charge in [0.2, 0.25) is 0 Å². The molecule has 2 aliphatic rings. The van der Waals surface area contributed by atoms with Gasteiger partial charge in [0, 0.05) is 6.42 Å². The fraction of sp³-hybridized carbons (Fsp3) is 1.00. The number of hydrogen-bond donors (Lipinski definition) is 7. The van der Waals surface area contributed by atoms with Gasteiger partial charge in [-0.15, -0.1) is 0 Å². The number of aliphatic hydroxyl groups excluding tert-OH is 7. The normalized spacial score (nSPS) is 28.1. The van der Waals surface area contributed by atoms with Crippen molar-refractivity contribution >= 4 is 0 Å². The van der Waals surface area contributed by atoms with E-state index in [1.165, 1.54) is 154 Å². The molecule has 2 fully saturated rings. The van der Waals surface area contributed by atoms with Gasteiger partial charge in [0.15, 0.2) is 12.6 Å². The van der Waals surface area contributed by atoms with Crippen LogP contribution in [0.15, 0.2) is 0 Å². The van der Waals surface area contributed by atoms with Crippen molar-refractivity contribution in [2.45, 2.75) is 236 Å². The Morgan fingerprint density at radius 2 is 0.754 bits per heavy atom. The number of unbranched alkanes of at least 4 members (excludes halogenated alkanes) is 22. The van der Waals surface area contributed by atoms with Crippen LogP contribution in [0.2, 0.25) is 0 Å². The lowest BCUT2D eigenvalue weighted by Gasteiger charge is -2.42. The molecule has 0 radical (unpaired) electrons. The zero-order valence-electron chi connectivity index (χ0n) is 36.3. The van der Waals surface area contributed by atoms with Crippen molar-refractivity contribution < 1.29 is 83.2 Å². The lowest BCUT2D eigenvalue weighted by molar-refractivity contribution is -0.910. The molecule has 7 N–H and O–H groups in total. The van der Waals surface area contributed by atoms with Gasteiger partial charge in [-0.3, -0.25) is 0 Å². The van der Waals surface area contributed by atoms with Crippen molar-refractivity contribution in [3.05, 3.63) is 0 Å². The van der Waals surface area contributed by atoms with Crippen LogP contribution in [0.3, 0.4) is 0 Å². The van der Waals surface area contributed by atoms with Crippen LogP contribution in [0.4, 0.5) is 0 Å². The maximum Gasteiger partial charge on any atom is 0.186 e. The summed E-state index contributed by atoms with van der Waals surface area (Å²) in [5.41, 5.74) is 0. The second-order valence-corrected chi connectivity index (χ2v) is 17.3. The minimum Gasteiger partial charge on any atom is -1.00 e. The zero-order valence-corrected chi connectivity index (χ0v) is 38.4. The van der Waals surface area contributed by atoms with Gasteiger partial charge in [-0.25, -0.2) is 0 Å². The highest BCUT2D eigenvalue weighted by atomic mass is 127. The lowest BCUT2D eigenvalue weighted by atomic mass is 9.98. The summed E-state index contributed by atoms with van der Waals surface area (Å²) >= 11 is 0. The summed E-state index contributed by atoms with van der Waals surface area (Å²) in [4.78, 5) is 0. The maximum absolute atomic E-state index is 10.7. The summed E-state index contributed by atoms with van der Waals surface area (Å²) in [6.07, 6.45) is 18.5. The van der Waals surface area contributed by atoms with Crippen LogP contribution in [-0.4, -0.2) is 148 Å². The molecule has 2 rings (SSSR count). The molecule has 0 saturated carbocycles. The van der Waals surface area contributed by atoms with Crippen LogP contribution in [0.1, 0.15) is 174 Å². The zero-order chi connectivity index (χ0) is 41.0. The Morgan fingerprint density at radius 3 is 1.16 bits per heavy atom. The van der Waals surface area contributed by atoms with Gasteiger partial charge >= 0.3 is 0 Å². The van der Waals surface area contributed by atoms with Crippen LogP contribution in [-0.2, 0) is 18.9 Å². The predicted molar refractivity (Wildman–Crippen MR) is 220 cm³/mol. The number of hydrogen-bond acceptors (Lipinski definition) is 11. The molecule has 2 aliphatic heterocycles. The number of quaternary nitrogens is 1. The van der Waals surface area contributed by atoms with E-state index < -0.39 is 68.0 Å². The molecule has 12 nitrogen and oxygen atoms in total. The van der Waals surface area contributed by atoms with Crippen molar-refractivity contribution in [2.24, 2.45) is 0 Å². The summed E-state index contributed by atoms with van der Waals surface area (Å²) in [6.45, 7) is 7.03. The highest BCUT2D eigenvalue weighted by Gasteiger charge is 2.47. The van der Waals surface area contributed by atoms with Gasteiger partial charge in [0.05, 0.1) is 46.5 Å². The smallest absolute Gasteiger partial charge is 0.186 e. The molecule has 0 aromatic carbocycles. The summed E-state index contributed by atoms with van der Waals surface area (Å²) in [7, 11) is 2.36. The Bertz CT molecular complexity index is 895. The number of nitrogens with zero attached hydrogens (tertiary/aromatic N) is 1. The first kappa shape index (κ1) is 55.3. The third kappa shape index (κ3) is 22.8. The molecule has 57 heavy (non-hydrogen) atoms. The molecule has 0 amide bonds. The molecule has 0 aliphatic carbocycles. The molecule has 13 heteroatoms. The molecule has 0 aromatic heterocycles. The summed E-state index contributed by atoms with van der Waals surface area (Å²) in [5.74, 6) is 0. The van der Waals surface area contributed by atoms with Crippen molar-refractivity contribution in [2.75, 3.05) is 46.5 Å². The van der Waals surface area contributed by atoms with Gasteiger partial charge < -0.3 is 83.2 Å². The monoisotopic (exact) mass is 934 g/mol. The van der Waals surface area contributed by atoms with Gasteiger partial charge in [0.25, 0.3) is 0 Å². The number of rotatable bonds is 35. The van der Waals surface area contributed by atoms with E-state index in [9.17, 15) is 35.7 Å². The van der Waals surface area contributed by atoms with E-state index in [2.05, 4.69) is 20.9 Å². The van der Waals surface area contributed by atoms with Crippen molar-refractivity contribution in [1.82, 2.24) is 0 Å². The lowest BCUT2D eigenvalue weighted by Crippen LogP contribution is -3.00. The second kappa shape index (κ2) is 33.8. The first-order valence-electron chi connectivity index (χ1n) is 23.2. The molecule has 2 heterocycles. The van der Waals surface area contributed by atoms with Crippen LogP contribution in [0.5, 0.6) is 0 Å². The minimum atomic E-state index is -1.62. The van der Waals surface area contributed by atoms with E-state index in [0.29, 0.717) is 6.61 Å². The average Bonchev–Trinajstić information content (AvgIpc) is 3.19. The highest BCUT2D eigenvalue weighted by molar-refractivity contribution is 4.91. The molecule has 342 valence electrons. The number of aliphatic hydroxyl groups is 7. The van der Waals surface area contributed by atoms with Crippen LogP contribution in [0, 0.1) is 0 Å². The fourth-order valence-electron chi connectivity index (χ4n) is 8.24. The Labute approximate surface area is 364 Å². The largest absolute Gasteiger partial charge is 1.00 e. The van der Waals surface area contributed by atoms with E-state index in [1.54, 1.807) is 0 Å². The quantitative estimate of drug-likeness (QED) is 0.0283. The topological polar surface area (TPSA) is 179 Å². The van der Waals surface area contributed by atoms with Crippen LogP contribution < -0.4 is 24.0 Å². The van der Waals surface area contributed by atoms with E-state index in [-0.39, 0.29) is 30.6 Å². The second-order valence-electron chi connectivity index (χ2n) is 17.3. The van der Waals surface area contributed by atoms with Crippen LogP contribution in [0.25, 0.3) is 0 Å². The third-order valence-electron chi connectivity index (χ3n) is 12.2. The first-order chi connectivity index (χ1) is 27.1. The molecular formula is C44H88INO11. The Hall–Kier alpha value is 0.250. The molecule has 0 bridgehead atoms. The van der Waals surface area contributed by atoms with E-state index in [1.807, 2.05) is 0 Å². The molecule has 0 aromatic rings. The SMILES string of the molecule is CCCCCCCCCCCCCC[N+](C)(CCCCCCCCCCCCCC)CCCO[C@@H]1O[C@H](CO[C@H]2O[C@H](CO)[C@@H](O)[C@H](O)[C@H]2O)[C@@H](O)[C@H](O)[C@H]1O.[I-]. The predicted octanol–water partition coefficient (Wildman–Crippen LogP) is 2.87. The molecule has 0 spiro atoms. The molecule has 10 atom stereocenters. The fourth-order valence-corrected chi connectivity index (χ4v) is 8.24. The Kier molecular flexibility index (Phi) is 32.8. The van der Waals surface area contributed by atoms with Crippen molar-refractivity contribution in [1.29, 1.82) is 0 Å². The molecular weight excluding hydrogens is 845 g/mol. The molecule has 0 unspecified atom stereocenters.